The van der Waals surface area contributed by atoms with Gasteiger partial charge in [0.25, 0.3) is 0 Å². The highest BCUT2D eigenvalue weighted by molar-refractivity contribution is 5.98. The summed E-state index contributed by atoms with van der Waals surface area (Å²) in [7, 11) is 1.68. The molecular formula is C11H22N2O. The Bertz CT molecular complexity index is 197. The van der Waals surface area contributed by atoms with E-state index in [0.717, 1.165) is 18.7 Å². The van der Waals surface area contributed by atoms with E-state index < -0.39 is 0 Å². The number of nitrogens with zero attached hydrogens (tertiary/aromatic N) is 1. The molecule has 0 heterocycles. The van der Waals surface area contributed by atoms with Crippen molar-refractivity contribution in [2.24, 2.45) is 10.5 Å². The molecule has 0 saturated heterocycles. The van der Waals surface area contributed by atoms with E-state index in [2.05, 4.69) is 37.9 Å². The molecule has 1 N–H and O–H groups in total. The van der Waals surface area contributed by atoms with Crippen LogP contribution in [-0.4, -0.2) is 26.0 Å². The van der Waals surface area contributed by atoms with Gasteiger partial charge in [0, 0.05) is 12.5 Å². The fraction of sp³-hybridized carbons (Fsp3) is 0.727. The van der Waals surface area contributed by atoms with Crippen LogP contribution in [0.4, 0.5) is 0 Å². The van der Waals surface area contributed by atoms with Crippen LogP contribution in [-0.2, 0) is 4.74 Å². The third kappa shape index (κ3) is 4.42. The Morgan fingerprint density at radius 1 is 1.57 bits per heavy atom. The maximum Gasteiger partial charge on any atom is 0.0653 e. The summed E-state index contributed by atoms with van der Waals surface area (Å²) in [6, 6.07) is 0. The monoisotopic (exact) mass is 198 g/mol. The van der Waals surface area contributed by atoms with Crippen LogP contribution in [0.1, 0.15) is 27.2 Å². The van der Waals surface area contributed by atoms with Gasteiger partial charge in [-0.3, -0.25) is 0 Å². The van der Waals surface area contributed by atoms with Gasteiger partial charge in [-0.25, -0.2) is 0 Å². The molecule has 0 aromatic rings. The molecule has 0 aromatic carbocycles. The quantitative estimate of drug-likeness (QED) is 0.386. The van der Waals surface area contributed by atoms with Gasteiger partial charge in [0.05, 0.1) is 18.9 Å². The van der Waals surface area contributed by atoms with Crippen molar-refractivity contribution in [1.82, 2.24) is 5.43 Å². The smallest absolute Gasteiger partial charge is 0.0653 e. The highest BCUT2D eigenvalue weighted by Crippen LogP contribution is 2.22. The number of allylic oxidation sites excluding steroid dienone is 1. The summed E-state index contributed by atoms with van der Waals surface area (Å²) < 4.78 is 4.91. The molecule has 0 bridgehead atoms. The van der Waals surface area contributed by atoms with Gasteiger partial charge < -0.3 is 10.2 Å². The molecule has 0 fully saturated rings. The van der Waals surface area contributed by atoms with Crippen LogP contribution in [0.5, 0.6) is 0 Å². The fourth-order valence-electron chi connectivity index (χ4n) is 0.943. The lowest BCUT2D eigenvalue weighted by Gasteiger charge is -2.22. The summed E-state index contributed by atoms with van der Waals surface area (Å²) in [4.78, 5) is 0. The Hall–Kier alpha value is -0.830. The second kappa shape index (κ2) is 6.60. The third-order valence-electron chi connectivity index (χ3n) is 2.39. The molecule has 0 atom stereocenters. The van der Waals surface area contributed by atoms with Crippen LogP contribution in [0.25, 0.3) is 0 Å². The minimum atomic E-state index is 0.0851. The van der Waals surface area contributed by atoms with E-state index in [9.17, 15) is 0 Å². The summed E-state index contributed by atoms with van der Waals surface area (Å²) in [6.07, 6.45) is 2.85. The van der Waals surface area contributed by atoms with Gasteiger partial charge in [0.15, 0.2) is 0 Å². The number of rotatable bonds is 7. The molecule has 3 nitrogen and oxygen atoms in total. The first-order valence-corrected chi connectivity index (χ1v) is 5.01. The molecule has 0 spiro atoms. The third-order valence-corrected chi connectivity index (χ3v) is 2.39. The summed E-state index contributed by atoms with van der Waals surface area (Å²) in [5.74, 6) is 0. The first-order chi connectivity index (χ1) is 6.58. The molecule has 82 valence electrons. The lowest BCUT2D eigenvalue weighted by Crippen LogP contribution is -2.25. The summed E-state index contributed by atoms with van der Waals surface area (Å²) in [5, 5.41) is 4.29. The molecule has 0 aromatic heterocycles. The van der Waals surface area contributed by atoms with Crippen LogP contribution in [0.2, 0.25) is 0 Å². The van der Waals surface area contributed by atoms with Crippen molar-refractivity contribution in [2.45, 2.75) is 27.2 Å². The van der Waals surface area contributed by atoms with E-state index in [1.807, 2.05) is 6.08 Å². The van der Waals surface area contributed by atoms with Crippen molar-refractivity contribution in [2.75, 3.05) is 20.3 Å². The average Bonchev–Trinajstić information content (AvgIpc) is 2.17. The SMILES string of the molecule is C=C/C(=N/NCCOC)C(C)(C)CC. The van der Waals surface area contributed by atoms with Crippen LogP contribution >= 0.6 is 0 Å². The average molecular weight is 198 g/mol. The standard InChI is InChI=1S/C11H22N2O/c1-6-10(11(3,4)7-2)13-12-8-9-14-5/h6,12H,1,7-9H2,2-5H3/b13-10-. The molecule has 0 radical (unpaired) electrons. The minimum Gasteiger partial charge on any atom is -0.383 e. The van der Waals surface area contributed by atoms with E-state index in [0.29, 0.717) is 6.61 Å². The first kappa shape index (κ1) is 13.2. The van der Waals surface area contributed by atoms with Crippen molar-refractivity contribution < 1.29 is 4.74 Å². The second-order valence-corrected chi connectivity index (χ2v) is 3.84. The zero-order chi connectivity index (χ0) is 11.0. The predicted molar refractivity (Wildman–Crippen MR) is 61.6 cm³/mol. The van der Waals surface area contributed by atoms with Gasteiger partial charge >= 0.3 is 0 Å². The molecular weight excluding hydrogens is 176 g/mol. The number of hydrogen-bond acceptors (Lipinski definition) is 3. The molecule has 0 aliphatic heterocycles. The Morgan fingerprint density at radius 3 is 2.64 bits per heavy atom. The summed E-state index contributed by atoms with van der Waals surface area (Å²) >= 11 is 0. The lowest BCUT2D eigenvalue weighted by atomic mass is 9.85. The van der Waals surface area contributed by atoms with E-state index in [1.165, 1.54) is 0 Å². The van der Waals surface area contributed by atoms with Gasteiger partial charge in [-0.1, -0.05) is 27.4 Å². The van der Waals surface area contributed by atoms with Crippen LogP contribution < -0.4 is 5.43 Å². The van der Waals surface area contributed by atoms with Crippen molar-refractivity contribution in [1.29, 1.82) is 0 Å². The van der Waals surface area contributed by atoms with E-state index in [1.54, 1.807) is 7.11 Å². The number of nitrogens with one attached hydrogen (secondary N) is 1. The van der Waals surface area contributed by atoms with E-state index in [4.69, 9.17) is 4.74 Å². The first-order valence-electron chi connectivity index (χ1n) is 5.01. The van der Waals surface area contributed by atoms with Crippen molar-refractivity contribution >= 4 is 5.71 Å². The van der Waals surface area contributed by atoms with E-state index in [-0.39, 0.29) is 5.41 Å². The molecule has 0 amide bonds. The Morgan fingerprint density at radius 2 is 2.21 bits per heavy atom. The number of methoxy groups -OCH3 is 1. The number of hydrogen-bond donors (Lipinski definition) is 1. The Labute approximate surface area is 87.2 Å². The molecule has 0 saturated carbocycles. The van der Waals surface area contributed by atoms with Gasteiger partial charge in [-0.2, -0.15) is 5.10 Å². The Kier molecular flexibility index (Phi) is 6.21. The zero-order valence-corrected chi connectivity index (χ0v) is 9.76. The van der Waals surface area contributed by atoms with Gasteiger partial charge in [-0.05, 0) is 12.5 Å². The number of hydrazone groups is 1. The maximum absolute atomic E-state index is 4.91. The van der Waals surface area contributed by atoms with Crippen LogP contribution in [0.15, 0.2) is 17.8 Å². The molecule has 14 heavy (non-hydrogen) atoms. The minimum absolute atomic E-state index is 0.0851. The van der Waals surface area contributed by atoms with Crippen molar-refractivity contribution in [3.05, 3.63) is 12.7 Å². The normalized spacial score (nSPS) is 12.7. The van der Waals surface area contributed by atoms with Crippen molar-refractivity contribution in [3.63, 3.8) is 0 Å². The van der Waals surface area contributed by atoms with E-state index >= 15 is 0 Å². The predicted octanol–water partition coefficient (Wildman–Crippen LogP) is 2.20. The Balaban J connectivity index is 4.18. The van der Waals surface area contributed by atoms with Crippen LogP contribution in [0.3, 0.4) is 0 Å². The van der Waals surface area contributed by atoms with Crippen LogP contribution in [0, 0.1) is 5.41 Å². The molecule has 0 aliphatic carbocycles. The molecule has 0 unspecified atom stereocenters. The molecule has 0 aliphatic rings. The topological polar surface area (TPSA) is 33.6 Å². The largest absolute Gasteiger partial charge is 0.383 e. The lowest BCUT2D eigenvalue weighted by molar-refractivity contribution is 0.200. The second-order valence-electron chi connectivity index (χ2n) is 3.84. The zero-order valence-electron chi connectivity index (χ0n) is 9.76. The maximum atomic E-state index is 4.91. The highest BCUT2D eigenvalue weighted by atomic mass is 16.5. The van der Waals surface area contributed by atoms with Crippen molar-refractivity contribution in [3.8, 4) is 0 Å². The van der Waals surface area contributed by atoms with Gasteiger partial charge in [0.2, 0.25) is 0 Å². The fourth-order valence-corrected chi connectivity index (χ4v) is 0.943. The van der Waals surface area contributed by atoms with Gasteiger partial charge in [-0.15, -0.1) is 0 Å². The molecule has 3 heteroatoms. The summed E-state index contributed by atoms with van der Waals surface area (Å²) in [5.41, 5.74) is 4.05. The highest BCUT2D eigenvalue weighted by Gasteiger charge is 2.20. The van der Waals surface area contributed by atoms with Gasteiger partial charge in [0.1, 0.15) is 0 Å². The number of ether oxygens (including phenoxy) is 1. The molecule has 0 rings (SSSR count). The summed E-state index contributed by atoms with van der Waals surface area (Å²) in [6.45, 7) is 11.6.